The average molecular weight is 318 g/mol. The average Bonchev–Trinajstić information content (AvgIpc) is 2.91. The van der Waals surface area contributed by atoms with E-state index in [1.807, 2.05) is 0 Å². The molecular formula is C15H17F3O4. The van der Waals surface area contributed by atoms with Gasteiger partial charge < -0.3 is 18.9 Å². The van der Waals surface area contributed by atoms with E-state index in [9.17, 15) is 13.2 Å². The predicted molar refractivity (Wildman–Crippen MR) is 70.0 cm³/mol. The Hall–Kier alpha value is -1.15. The van der Waals surface area contributed by atoms with Crippen LogP contribution in [0.3, 0.4) is 0 Å². The maximum Gasteiger partial charge on any atom is 0.416 e. The molecule has 2 heterocycles. The van der Waals surface area contributed by atoms with Crippen molar-refractivity contribution in [3.63, 3.8) is 0 Å². The first-order valence-electron chi connectivity index (χ1n) is 7.05. The summed E-state index contributed by atoms with van der Waals surface area (Å²) in [5.41, 5.74) is -0.555. The SMILES string of the molecule is CO[C@@H]1C[C@H](OCc2ccccc2C(F)(F)F)[C@H]2CO[C@@H]1O2. The lowest BCUT2D eigenvalue weighted by molar-refractivity contribution is -0.201. The first-order chi connectivity index (χ1) is 10.5. The van der Waals surface area contributed by atoms with Crippen molar-refractivity contribution >= 4 is 0 Å². The largest absolute Gasteiger partial charge is 0.416 e. The Morgan fingerprint density at radius 2 is 2.00 bits per heavy atom. The predicted octanol–water partition coefficient (Wildman–Crippen LogP) is 2.75. The number of hydrogen-bond donors (Lipinski definition) is 0. The van der Waals surface area contributed by atoms with Gasteiger partial charge in [0, 0.05) is 13.5 Å². The molecule has 3 rings (SSSR count). The van der Waals surface area contributed by atoms with Crippen LogP contribution < -0.4 is 0 Å². The summed E-state index contributed by atoms with van der Waals surface area (Å²) in [6, 6.07) is 5.42. The van der Waals surface area contributed by atoms with Crippen LogP contribution in [0.4, 0.5) is 13.2 Å². The first-order valence-corrected chi connectivity index (χ1v) is 7.05. The Kier molecular flexibility index (Phi) is 4.40. The van der Waals surface area contributed by atoms with Gasteiger partial charge in [0.15, 0.2) is 6.29 Å². The van der Waals surface area contributed by atoms with E-state index in [0.29, 0.717) is 13.0 Å². The molecule has 2 saturated heterocycles. The number of ether oxygens (including phenoxy) is 4. The highest BCUT2D eigenvalue weighted by atomic mass is 19.4. The van der Waals surface area contributed by atoms with Crippen molar-refractivity contribution in [3.05, 3.63) is 35.4 Å². The van der Waals surface area contributed by atoms with Crippen LogP contribution in [0.25, 0.3) is 0 Å². The number of hydrogen-bond acceptors (Lipinski definition) is 4. The minimum Gasteiger partial charge on any atom is -0.376 e. The van der Waals surface area contributed by atoms with Crippen molar-refractivity contribution in [2.75, 3.05) is 13.7 Å². The zero-order valence-electron chi connectivity index (χ0n) is 12.0. The zero-order chi connectivity index (χ0) is 15.7. The van der Waals surface area contributed by atoms with Crippen molar-refractivity contribution in [3.8, 4) is 0 Å². The molecule has 0 aliphatic carbocycles. The van der Waals surface area contributed by atoms with E-state index in [0.717, 1.165) is 6.07 Å². The molecule has 0 N–H and O–H groups in total. The smallest absolute Gasteiger partial charge is 0.376 e. The van der Waals surface area contributed by atoms with E-state index in [1.54, 1.807) is 13.2 Å². The number of fused-ring (bicyclic) bond motifs is 2. The van der Waals surface area contributed by atoms with Gasteiger partial charge in [-0.05, 0) is 11.6 Å². The Morgan fingerprint density at radius 3 is 2.73 bits per heavy atom. The second kappa shape index (κ2) is 6.16. The minimum atomic E-state index is -4.39. The molecule has 2 fully saturated rings. The summed E-state index contributed by atoms with van der Waals surface area (Å²) in [5.74, 6) is 0. The van der Waals surface area contributed by atoms with Gasteiger partial charge in [0.1, 0.15) is 12.2 Å². The maximum atomic E-state index is 13.0. The molecule has 2 aliphatic heterocycles. The van der Waals surface area contributed by atoms with Crippen LogP contribution in [-0.2, 0) is 31.7 Å². The van der Waals surface area contributed by atoms with Crippen molar-refractivity contribution in [1.29, 1.82) is 0 Å². The summed E-state index contributed by atoms with van der Waals surface area (Å²) >= 11 is 0. The molecule has 4 nitrogen and oxygen atoms in total. The molecule has 122 valence electrons. The lowest BCUT2D eigenvalue weighted by atomic mass is 10.0. The first kappa shape index (κ1) is 15.7. The summed E-state index contributed by atoms with van der Waals surface area (Å²) in [4.78, 5) is 0. The molecule has 0 saturated carbocycles. The summed E-state index contributed by atoms with van der Waals surface area (Å²) < 4.78 is 60.9. The molecule has 0 unspecified atom stereocenters. The monoisotopic (exact) mass is 318 g/mol. The summed E-state index contributed by atoms with van der Waals surface area (Å²) in [5, 5.41) is 0. The fourth-order valence-corrected chi connectivity index (χ4v) is 2.82. The highest BCUT2D eigenvalue weighted by Crippen LogP contribution is 2.34. The third kappa shape index (κ3) is 3.12. The Bertz CT molecular complexity index is 520. The lowest BCUT2D eigenvalue weighted by Crippen LogP contribution is -2.44. The standard InChI is InChI=1S/C15H17F3O4/c1-19-12-6-11(13-8-21-14(12)22-13)20-7-9-4-2-3-5-10(9)15(16,17)18/h2-5,11-14H,6-8H2,1H3/t11-,12+,13+,14+/m0/s1. The van der Waals surface area contributed by atoms with Crippen LogP contribution in [0.1, 0.15) is 17.5 Å². The summed E-state index contributed by atoms with van der Waals surface area (Å²) in [7, 11) is 1.55. The van der Waals surface area contributed by atoms with Gasteiger partial charge in [-0.25, -0.2) is 0 Å². The van der Waals surface area contributed by atoms with Crippen LogP contribution in [0.5, 0.6) is 0 Å². The highest BCUT2D eigenvalue weighted by molar-refractivity contribution is 5.29. The molecule has 4 atom stereocenters. The van der Waals surface area contributed by atoms with E-state index in [4.69, 9.17) is 18.9 Å². The van der Waals surface area contributed by atoms with Crippen LogP contribution in [0.2, 0.25) is 0 Å². The van der Waals surface area contributed by atoms with Crippen molar-refractivity contribution in [2.24, 2.45) is 0 Å². The van der Waals surface area contributed by atoms with E-state index in [2.05, 4.69) is 0 Å². The fourth-order valence-electron chi connectivity index (χ4n) is 2.82. The molecule has 7 heteroatoms. The topological polar surface area (TPSA) is 36.9 Å². The Balaban J connectivity index is 1.68. The second-order valence-electron chi connectivity index (χ2n) is 5.39. The fraction of sp³-hybridized carbons (Fsp3) is 0.600. The van der Waals surface area contributed by atoms with Gasteiger partial charge in [-0.2, -0.15) is 13.2 Å². The van der Waals surface area contributed by atoms with Crippen molar-refractivity contribution in [2.45, 2.75) is 43.8 Å². The van der Waals surface area contributed by atoms with E-state index in [-0.39, 0.29) is 30.5 Å². The molecule has 0 spiro atoms. The van der Waals surface area contributed by atoms with Gasteiger partial charge in [0.05, 0.1) is 24.9 Å². The molecule has 2 aliphatic rings. The molecule has 1 aromatic carbocycles. The minimum absolute atomic E-state index is 0.116. The summed E-state index contributed by atoms with van der Waals surface area (Å²) in [6.07, 6.45) is -5.11. The normalized spacial score (nSPS) is 31.5. The summed E-state index contributed by atoms with van der Waals surface area (Å²) in [6.45, 7) is 0.247. The van der Waals surface area contributed by atoms with Crippen LogP contribution >= 0.6 is 0 Å². The van der Waals surface area contributed by atoms with Gasteiger partial charge in [-0.1, -0.05) is 18.2 Å². The molecule has 0 radical (unpaired) electrons. The quantitative estimate of drug-likeness (QED) is 0.855. The molecule has 0 amide bonds. The number of alkyl halides is 3. The molecule has 2 bridgehead atoms. The highest BCUT2D eigenvalue weighted by Gasteiger charge is 2.45. The van der Waals surface area contributed by atoms with Gasteiger partial charge in [0.2, 0.25) is 0 Å². The lowest BCUT2D eigenvalue weighted by Gasteiger charge is -2.32. The van der Waals surface area contributed by atoms with Crippen LogP contribution in [0, 0.1) is 0 Å². The van der Waals surface area contributed by atoms with E-state index >= 15 is 0 Å². The van der Waals surface area contributed by atoms with Crippen molar-refractivity contribution in [1.82, 2.24) is 0 Å². The van der Waals surface area contributed by atoms with Crippen molar-refractivity contribution < 1.29 is 32.1 Å². The molecule has 22 heavy (non-hydrogen) atoms. The molecular weight excluding hydrogens is 301 g/mol. The molecule has 1 aromatic rings. The Labute approximate surface area is 126 Å². The van der Waals surface area contributed by atoms with E-state index < -0.39 is 18.0 Å². The zero-order valence-corrected chi connectivity index (χ0v) is 12.0. The number of rotatable bonds is 4. The second-order valence-corrected chi connectivity index (χ2v) is 5.39. The third-order valence-electron chi connectivity index (χ3n) is 3.99. The molecule has 0 aromatic heterocycles. The maximum absolute atomic E-state index is 13.0. The van der Waals surface area contributed by atoms with Crippen LogP contribution in [0.15, 0.2) is 24.3 Å². The third-order valence-corrected chi connectivity index (χ3v) is 3.99. The number of methoxy groups -OCH3 is 1. The Morgan fingerprint density at radius 1 is 1.23 bits per heavy atom. The van der Waals surface area contributed by atoms with Gasteiger partial charge in [-0.15, -0.1) is 0 Å². The number of halogens is 3. The van der Waals surface area contributed by atoms with Gasteiger partial charge >= 0.3 is 6.18 Å². The van der Waals surface area contributed by atoms with Gasteiger partial charge in [-0.3, -0.25) is 0 Å². The number of benzene rings is 1. The van der Waals surface area contributed by atoms with E-state index in [1.165, 1.54) is 12.1 Å². The van der Waals surface area contributed by atoms with Crippen LogP contribution in [-0.4, -0.2) is 38.3 Å². The van der Waals surface area contributed by atoms with Gasteiger partial charge in [0.25, 0.3) is 0 Å².